The lowest BCUT2D eigenvalue weighted by Crippen LogP contribution is -2.45. The van der Waals surface area contributed by atoms with Crippen molar-refractivity contribution in [2.24, 2.45) is 0 Å². The number of rotatable bonds is 1. The summed E-state index contributed by atoms with van der Waals surface area (Å²) < 4.78 is 5.57. The number of ether oxygens (including phenoxy) is 1. The fourth-order valence-electron chi connectivity index (χ4n) is 25.8. The number of urea groups is 1. The number of nitrogens with zero attached hydrogens (tertiary/aromatic N) is 2. The minimum absolute atomic E-state index is 0.0397. The van der Waals surface area contributed by atoms with Gasteiger partial charge in [-0.3, -0.25) is 4.90 Å². The molecule has 2 spiro atoms. The van der Waals surface area contributed by atoms with Gasteiger partial charge in [-0.2, -0.15) is 0 Å². The van der Waals surface area contributed by atoms with Crippen molar-refractivity contribution in [3.05, 3.63) is 22.3 Å². The Labute approximate surface area is 390 Å². The molecule has 6 aliphatic rings. The van der Waals surface area contributed by atoms with Crippen molar-refractivity contribution in [2.45, 2.75) is 30.0 Å². The molecule has 34 rings (SSSR count). The molecule has 0 bridgehead atoms. The van der Waals surface area contributed by atoms with E-state index < -0.39 is 17.1 Å². The summed E-state index contributed by atoms with van der Waals surface area (Å²) in [7, 11) is 1.51. The van der Waals surface area contributed by atoms with Crippen molar-refractivity contribution in [3.63, 3.8) is 0 Å². The molecule has 0 N–H and O–H groups in total. The third-order valence-corrected chi connectivity index (χ3v) is 26.0. The zero-order valence-electron chi connectivity index (χ0n) is 36.8. The Balaban J connectivity index is 1.10. The first-order valence-corrected chi connectivity index (χ1v) is 26.7. The van der Waals surface area contributed by atoms with E-state index in [2.05, 4.69) is 4.90 Å². The quantitative estimate of drug-likeness (QED) is 0.0937. The molecular formula is C67H10N2O3. The van der Waals surface area contributed by atoms with E-state index in [1.54, 1.807) is 205 Å². The second-order valence-corrected chi connectivity index (χ2v) is 26.2. The van der Waals surface area contributed by atoms with Crippen molar-refractivity contribution in [3.8, 4) is 0 Å². The largest absolute Gasteiger partial charge is 0.467 e. The van der Waals surface area contributed by atoms with Gasteiger partial charge in [0.15, 0.2) is 0 Å². The van der Waals surface area contributed by atoms with E-state index in [9.17, 15) is 4.79 Å². The molecule has 1 atom stereocenters. The molecule has 2 heterocycles. The van der Waals surface area contributed by atoms with Crippen LogP contribution in [0.5, 0.6) is 0 Å². The van der Waals surface area contributed by atoms with Crippen LogP contribution in [0.15, 0.2) is 0 Å². The normalized spacial score (nSPS) is 24.0. The van der Waals surface area contributed by atoms with Gasteiger partial charge in [-0.25, -0.2) is 9.59 Å². The first kappa shape index (κ1) is 27.0. The third kappa shape index (κ3) is 1.40. The summed E-state index contributed by atoms with van der Waals surface area (Å²) >= 11 is 0. The Kier molecular flexibility index (Phi) is 2.27. The molecule has 0 unspecified atom stereocenters. The number of carbonyl (C=O) groups excluding carboxylic acids is 2. The predicted octanol–water partition coefficient (Wildman–Crippen LogP) is 16.3. The molecule has 2 fully saturated rings. The average molecular weight is 891 g/mol. The SMILES string of the molecule is COC(=O)[C@@H]1CCCN1C(=O)N1C23c4c5c6c7c8c9c(c%10c%11c2c2c4c4c%12c5c5c6c6c8c8c%13c9c9c%10c%10c%11c%11c2c2c4c4c%12c%12c5c5c6c8c6c8c%13c9c9c%10c%10c%11c2c2c4c4c%12c5c6c5c8c9c%10c2c45)C713. The zero-order valence-corrected chi connectivity index (χ0v) is 36.8. The highest BCUT2D eigenvalue weighted by Crippen LogP contribution is 2.90. The summed E-state index contributed by atoms with van der Waals surface area (Å²) in [6, 6.07) is -0.546. The van der Waals surface area contributed by atoms with E-state index in [4.69, 9.17) is 4.74 Å². The van der Waals surface area contributed by atoms with Crippen molar-refractivity contribution in [1.82, 2.24) is 9.80 Å². The number of carbonyl (C=O) groups is 2. The monoisotopic (exact) mass is 890 g/mol. The molecule has 2 aliphatic heterocycles. The minimum atomic E-state index is -0.737. The molecule has 72 heavy (non-hydrogen) atoms. The molecule has 4 aliphatic carbocycles. The van der Waals surface area contributed by atoms with Crippen LogP contribution in [-0.2, 0) is 20.6 Å². The number of esters is 1. The van der Waals surface area contributed by atoms with Gasteiger partial charge in [-0.1, -0.05) is 0 Å². The van der Waals surface area contributed by atoms with Crippen LogP contribution in [0.25, 0.3) is 291 Å². The smallest absolute Gasteiger partial charge is 0.328 e. The van der Waals surface area contributed by atoms with Crippen LogP contribution >= 0.6 is 0 Å². The number of amides is 2. The number of methoxy groups -OCH3 is 1. The molecule has 5 heteroatoms. The Bertz CT molecular complexity index is 6810. The summed E-state index contributed by atoms with van der Waals surface area (Å²) in [5.74, 6) is -0.280. The Morgan fingerprint density at radius 1 is 0.319 bits per heavy atom. The van der Waals surface area contributed by atoms with Gasteiger partial charge >= 0.3 is 12.0 Å². The molecule has 28 aromatic carbocycles. The molecule has 0 saturated carbocycles. The van der Waals surface area contributed by atoms with Crippen molar-refractivity contribution < 1.29 is 14.3 Å². The molecule has 2 amide bonds. The van der Waals surface area contributed by atoms with Gasteiger partial charge in [-0.15, -0.1) is 0 Å². The van der Waals surface area contributed by atoms with Gasteiger partial charge in [0.1, 0.15) is 17.1 Å². The standard InChI is InChI=1S/C67H10N2O3/c1-72-64(70)5-3-2-4-68(5)65(71)69-66-60-52-44-34-24-16-8-6-7-10-14-12(8)20-28-22(14)32-26-18(10)19-11(7)15-13-9(6)17(16)25-31-21(13)29-23(15)33-27(19)37-36(26)46-40(32)50-42(28)48(38(44)30(20)24)56(60)58(50)62-54(46)55-47(37)41(33)51-43(29)49-39(31)45(35(25)34)53(52)61(66)57(49)59(51)63(55)67(62,66)69/h5H,2-4H2,1H3/t5-,66?,67?,69?/m0/s1. The Morgan fingerprint density at radius 3 is 0.681 bits per heavy atom. The molecular weight excluding hydrogens is 881 g/mol. The first-order chi connectivity index (χ1) is 35.7. The molecule has 2 saturated heterocycles. The van der Waals surface area contributed by atoms with E-state index in [1.165, 1.54) is 116 Å². The minimum Gasteiger partial charge on any atom is -0.467 e. The van der Waals surface area contributed by atoms with Crippen LogP contribution in [0.1, 0.15) is 35.1 Å². The van der Waals surface area contributed by atoms with Gasteiger partial charge in [-0.05, 0) is 304 Å². The molecule has 306 valence electrons. The van der Waals surface area contributed by atoms with Crippen LogP contribution in [0.3, 0.4) is 0 Å². The molecule has 5 nitrogen and oxygen atoms in total. The summed E-state index contributed by atoms with van der Waals surface area (Å²) in [6.07, 6.45) is 1.44. The average Bonchev–Trinajstić information content (AvgIpc) is 3.46. The van der Waals surface area contributed by atoms with E-state index in [0.717, 1.165) is 6.42 Å². The molecule has 0 aromatic heterocycles. The molecule has 28 aromatic rings. The van der Waals surface area contributed by atoms with Crippen molar-refractivity contribution >= 4 is 303 Å². The summed E-state index contributed by atoms with van der Waals surface area (Å²) in [6.45, 7) is 0.570. The summed E-state index contributed by atoms with van der Waals surface area (Å²) in [5.41, 5.74) is 4.36. The van der Waals surface area contributed by atoms with Crippen LogP contribution < -0.4 is 0 Å². The maximum atomic E-state index is 17.0. The maximum Gasteiger partial charge on any atom is 0.328 e. The third-order valence-electron chi connectivity index (χ3n) is 26.0. The zero-order chi connectivity index (χ0) is 43.2. The Morgan fingerprint density at radius 2 is 0.500 bits per heavy atom. The van der Waals surface area contributed by atoms with E-state index in [1.807, 2.05) is 4.90 Å². The highest BCUT2D eigenvalue weighted by molar-refractivity contribution is 6.82. The highest BCUT2D eigenvalue weighted by atomic mass is 16.5. The topological polar surface area (TPSA) is 49.6 Å². The van der Waals surface area contributed by atoms with E-state index in [0.29, 0.717) is 13.0 Å². The predicted molar refractivity (Wildman–Crippen MR) is 293 cm³/mol. The van der Waals surface area contributed by atoms with Gasteiger partial charge in [0.2, 0.25) is 0 Å². The van der Waals surface area contributed by atoms with Crippen LogP contribution in [0.2, 0.25) is 0 Å². The van der Waals surface area contributed by atoms with Gasteiger partial charge in [0, 0.05) is 28.8 Å². The van der Waals surface area contributed by atoms with E-state index >= 15 is 4.79 Å². The second kappa shape index (κ2) is 6.05. The van der Waals surface area contributed by atoms with Crippen molar-refractivity contribution in [2.75, 3.05) is 13.7 Å². The van der Waals surface area contributed by atoms with Crippen LogP contribution in [0, 0.1) is 0 Å². The highest BCUT2D eigenvalue weighted by Gasteiger charge is 2.88. The fraction of sp³-hybridized carbons (Fsp3) is 0.104. The lowest BCUT2D eigenvalue weighted by atomic mass is 9.68. The van der Waals surface area contributed by atoms with Gasteiger partial charge in [0.05, 0.1) is 7.11 Å². The van der Waals surface area contributed by atoms with Crippen molar-refractivity contribution in [1.29, 1.82) is 0 Å². The number of benzene rings is 18. The summed E-state index contributed by atoms with van der Waals surface area (Å²) in [5, 5.41) is 83.8. The Hall–Kier alpha value is -8.80. The number of likely N-dealkylation sites (tertiary alicyclic amines) is 1. The second-order valence-electron chi connectivity index (χ2n) is 26.2. The summed E-state index contributed by atoms with van der Waals surface area (Å²) in [4.78, 5) is 35.4. The first-order valence-electron chi connectivity index (χ1n) is 26.7. The van der Waals surface area contributed by atoms with E-state index in [-0.39, 0.29) is 12.0 Å². The maximum absolute atomic E-state index is 17.0. The lowest BCUT2D eigenvalue weighted by Gasteiger charge is -2.29. The number of hydrogen-bond donors (Lipinski definition) is 0. The lowest BCUT2D eigenvalue weighted by molar-refractivity contribution is -0.145. The molecule has 0 radical (unpaired) electrons. The van der Waals surface area contributed by atoms with Crippen LogP contribution in [-0.4, -0.2) is 41.5 Å². The number of hydrogen-bond acceptors (Lipinski definition) is 3. The van der Waals surface area contributed by atoms with Gasteiger partial charge in [0.25, 0.3) is 0 Å². The fourth-order valence-corrected chi connectivity index (χ4v) is 25.8. The van der Waals surface area contributed by atoms with Crippen LogP contribution in [0.4, 0.5) is 4.79 Å². The van der Waals surface area contributed by atoms with Gasteiger partial charge < -0.3 is 9.64 Å².